The molecule has 0 aromatic carbocycles. The summed E-state index contributed by atoms with van der Waals surface area (Å²) in [6.45, 7) is 3.41. The molecule has 3 aliphatic rings. The number of hydrogen-bond donors (Lipinski definition) is 1. The third-order valence-electron chi connectivity index (χ3n) is 5.23. The smallest absolute Gasteiger partial charge is 0.324 e. The Kier molecular flexibility index (Phi) is 5.18. The third-order valence-corrected chi connectivity index (χ3v) is 5.23. The van der Waals surface area contributed by atoms with E-state index < -0.39 is 0 Å². The minimum Gasteiger partial charge on any atom is -0.377 e. The van der Waals surface area contributed by atoms with Gasteiger partial charge >= 0.3 is 6.03 Å². The van der Waals surface area contributed by atoms with Crippen molar-refractivity contribution in [2.75, 3.05) is 39.4 Å². The summed E-state index contributed by atoms with van der Waals surface area (Å²) in [4.78, 5) is 38.8. The standard InChI is InChI=1S/C17H25N3O4/c21-14(4-9-20-15(22)3-8-18-16(20)23)19-10-6-17(7-11-19)5-1-2-12-24-13-17/h1-2H,3-13H2,(H,18,23). The van der Waals surface area contributed by atoms with Crippen molar-refractivity contribution >= 4 is 17.8 Å². The molecule has 0 radical (unpaired) electrons. The summed E-state index contributed by atoms with van der Waals surface area (Å²) in [5.74, 6) is -0.187. The van der Waals surface area contributed by atoms with E-state index in [2.05, 4.69) is 17.5 Å². The molecular formula is C17H25N3O4. The fraction of sp³-hybridized carbons (Fsp3) is 0.706. The number of ether oxygens (including phenoxy) is 1. The predicted molar refractivity (Wildman–Crippen MR) is 87.2 cm³/mol. The summed E-state index contributed by atoms with van der Waals surface area (Å²) in [6.07, 6.45) is 7.64. The highest BCUT2D eigenvalue weighted by Crippen LogP contribution is 2.37. The van der Waals surface area contributed by atoms with Gasteiger partial charge in [-0.1, -0.05) is 12.2 Å². The van der Waals surface area contributed by atoms with Crippen molar-refractivity contribution in [2.24, 2.45) is 5.41 Å². The second-order valence-electron chi connectivity index (χ2n) is 6.85. The van der Waals surface area contributed by atoms with Crippen molar-refractivity contribution in [3.05, 3.63) is 12.2 Å². The first kappa shape index (κ1) is 17.0. The molecule has 1 spiro atoms. The number of imide groups is 1. The van der Waals surface area contributed by atoms with Crippen molar-refractivity contribution in [2.45, 2.75) is 32.1 Å². The Morgan fingerprint density at radius 1 is 1.25 bits per heavy atom. The van der Waals surface area contributed by atoms with Gasteiger partial charge in [-0.3, -0.25) is 14.5 Å². The van der Waals surface area contributed by atoms with Crippen LogP contribution in [-0.4, -0.2) is 67.0 Å². The van der Waals surface area contributed by atoms with Crippen molar-refractivity contribution < 1.29 is 19.1 Å². The highest BCUT2D eigenvalue weighted by atomic mass is 16.5. The van der Waals surface area contributed by atoms with Crippen LogP contribution in [0.2, 0.25) is 0 Å². The number of carbonyl (C=O) groups excluding carboxylic acids is 3. The highest BCUT2D eigenvalue weighted by Gasteiger charge is 2.36. The van der Waals surface area contributed by atoms with Crippen molar-refractivity contribution in [1.29, 1.82) is 0 Å². The maximum atomic E-state index is 12.4. The Balaban J connectivity index is 1.47. The number of likely N-dealkylation sites (tertiary alicyclic amines) is 1. The number of amides is 4. The molecule has 0 atom stereocenters. The van der Waals surface area contributed by atoms with Crippen LogP contribution in [0.5, 0.6) is 0 Å². The van der Waals surface area contributed by atoms with E-state index in [9.17, 15) is 14.4 Å². The number of allylic oxidation sites excluding steroid dienone is 1. The lowest BCUT2D eigenvalue weighted by Gasteiger charge is -2.41. The third kappa shape index (κ3) is 3.77. The molecule has 0 aromatic heterocycles. The quantitative estimate of drug-likeness (QED) is 0.778. The molecule has 2 saturated heterocycles. The molecule has 0 aliphatic carbocycles. The van der Waals surface area contributed by atoms with Crippen LogP contribution >= 0.6 is 0 Å². The minimum absolute atomic E-state index is 0.0149. The number of nitrogens with zero attached hydrogens (tertiary/aromatic N) is 2. The van der Waals surface area contributed by atoms with Gasteiger partial charge in [0.15, 0.2) is 0 Å². The Hall–Kier alpha value is -1.89. The zero-order valence-corrected chi connectivity index (χ0v) is 14.0. The van der Waals surface area contributed by atoms with Gasteiger partial charge in [0, 0.05) is 44.4 Å². The summed E-state index contributed by atoms with van der Waals surface area (Å²) >= 11 is 0. The summed E-state index contributed by atoms with van der Waals surface area (Å²) in [6, 6.07) is -0.390. The molecule has 24 heavy (non-hydrogen) atoms. The van der Waals surface area contributed by atoms with Gasteiger partial charge in [-0.05, 0) is 19.3 Å². The average Bonchev–Trinajstić information content (AvgIpc) is 2.80. The molecule has 0 unspecified atom stereocenters. The summed E-state index contributed by atoms with van der Waals surface area (Å²) < 4.78 is 5.66. The predicted octanol–water partition coefficient (Wildman–Crippen LogP) is 0.904. The molecule has 7 heteroatoms. The van der Waals surface area contributed by atoms with Gasteiger partial charge in [0.1, 0.15) is 0 Å². The van der Waals surface area contributed by atoms with Crippen LogP contribution in [0.25, 0.3) is 0 Å². The van der Waals surface area contributed by atoms with E-state index >= 15 is 0 Å². The second-order valence-corrected chi connectivity index (χ2v) is 6.85. The van der Waals surface area contributed by atoms with Crippen LogP contribution in [0.4, 0.5) is 4.79 Å². The Morgan fingerprint density at radius 3 is 2.79 bits per heavy atom. The molecule has 0 saturated carbocycles. The first-order valence-corrected chi connectivity index (χ1v) is 8.68. The highest BCUT2D eigenvalue weighted by molar-refractivity contribution is 5.97. The van der Waals surface area contributed by atoms with E-state index in [1.54, 1.807) is 0 Å². The van der Waals surface area contributed by atoms with E-state index in [-0.39, 0.29) is 36.2 Å². The molecule has 3 rings (SSSR count). The lowest BCUT2D eigenvalue weighted by atomic mass is 9.76. The van der Waals surface area contributed by atoms with Gasteiger partial charge in [0.05, 0.1) is 13.2 Å². The van der Waals surface area contributed by atoms with Crippen LogP contribution < -0.4 is 5.32 Å². The van der Waals surface area contributed by atoms with Crippen LogP contribution in [0.15, 0.2) is 12.2 Å². The van der Waals surface area contributed by atoms with Gasteiger partial charge in [0.25, 0.3) is 0 Å². The van der Waals surface area contributed by atoms with Crippen molar-refractivity contribution in [3.8, 4) is 0 Å². The lowest BCUT2D eigenvalue weighted by molar-refractivity contribution is -0.135. The molecule has 2 fully saturated rings. The number of hydrogen-bond acceptors (Lipinski definition) is 4. The number of nitrogens with one attached hydrogen (secondary N) is 1. The summed E-state index contributed by atoms with van der Waals surface area (Å²) in [5.41, 5.74) is 0.159. The molecule has 1 N–H and O–H groups in total. The zero-order chi connectivity index (χ0) is 17.0. The van der Waals surface area contributed by atoms with Crippen molar-refractivity contribution in [3.63, 3.8) is 0 Å². The van der Waals surface area contributed by atoms with E-state index in [1.165, 1.54) is 0 Å². The molecule has 4 amide bonds. The normalized spacial score (nSPS) is 24.0. The van der Waals surface area contributed by atoms with Crippen LogP contribution in [0.1, 0.15) is 32.1 Å². The minimum atomic E-state index is -0.390. The molecule has 7 nitrogen and oxygen atoms in total. The maximum Gasteiger partial charge on any atom is 0.324 e. The fourth-order valence-corrected chi connectivity index (χ4v) is 3.59. The second kappa shape index (κ2) is 7.34. The van der Waals surface area contributed by atoms with Gasteiger partial charge < -0.3 is 15.0 Å². The van der Waals surface area contributed by atoms with E-state index in [4.69, 9.17) is 4.74 Å². The summed E-state index contributed by atoms with van der Waals surface area (Å²) in [7, 11) is 0. The average molecular weight is 335 g/mol. The maximum absolute atomic E-state index is 12.4. The Morgan fingerprint density at radius 2 is 2.04 bits per heavy atom. The number of carbonyl (C=O) groups is 3. The van der Waals surface area contributed by atoms with Gasteiger partial charge in [-0.15, -0.1) is 0 Å². The largest absolute Gasteiger partial charge is 0.377 e. The lowest BCUT2D eigenvalue weighted by Crippen LogP contribution is -2.51. The molecule has 3 aliphatic heterocycles. The monoisotopic (exact) mass is 335 g/mol. The van der Waals surface area contributed by atoms with Crippen molar-refractivity contribution in [1.82, 2.24) is 15.1 Å². The Labute approximate surface area is 142 Å². The first-order chi connectivity index (χ1) is 11.6. The topological polar surface area (TPSA) is 79.0 Å². The first-order valence-electron chi connectivity index (χ1n) is 8.68. The zero-order valence-electron chi connectivity index (χ0n) is 14.0. The van der Waals surface area contributed by atoms with Crippen LogP contribution in [0.3, 0.4) is 0 Å². The number of piperidine rings is 1. The van der Waals surface area contributed by atoms with Gasteiger partial charge in [-0.2, -0.15) is 0 Å². The fourth-order valence-electron chi connectivity index (χ4n) is 3.59. The SMILES string of the molecule is O=C(CCN1C(=O)CCNC1=O)N1CCC2(CC=CCOC2)CC1. The van der Waals surface area contributed by atoms with E-state index in [1.807, 2.05) is 4.90 Å². The number of urea groups is 1. The summed E-state index contributed by atoms with van der Waals surface area (Å²) in [5, 5.41) is 2.63. The molecule has 132 valence electrons. The number of rotatable bonds is 3. The van der Waals surface area contributed by atoms with Crippen LogP contribution in [0, 0.1) is 5.41 Å². The van der Waals surface area contributed by atoms with E-state index in [0.29, 0.717) is 19.6 Å². The molecule has 0 bridgehead atoms. The Bertz CT molecular complexity index is 522. The van der Waals surface area contributed by atoms with Crippen LogP contribution in [-0.2, 0) is 14.3 Å². The molecule has 3 heterocycles. The van der Waals surface area contributed by atoms with E-state index in [0.717, 1.165) is 43.9 Å². The van der Waals surface area contributed by atoms with Gasteiger partial charge in [0.2, 0.25) is 11.8 Å². The van der Waals surface area contributed by atoms with Gasteiger partial charge in [-0.25, -0.2) is 4.79 Å². The molecule has 0 aromatic rings. The molecular weight excluding hydrogens is 310 g/mol.